The highest BCUT2D eigenvalue weighted by Crippen LogP contribution is 2.43. The van der Waals surface area contributed by atoms with E-state index in [0.29, 0.717) is 23.4 Å². The molecule has 0 unspecified atom stereocenters. The minimum absolute atomic E-state index is 0.107. The largest absolute Gasteiger partial charge is 0.362 e. The maximum absolute atomic E-state index is 13.4. The van der Waals surface area contributed by atoms with Crippen molar-refractivity contribution >= 4 is 33.4 Å². The first-order valence-electron chi connectivity index (χ1n) is 10.1. The number of Topliss-reactive ketones (excluding diaryl/α,β-unsaturated/α-hetero) is 1. The van der Waals surface area contributed by atoms with E-state index in [1.165, 1.54) is 0 Å². The molecule has 1 aromatic heterocycles. The molecule has 5 nitrogen and oxygen atoms in total. The van der Waals surface area contributed by atoms with Crippen LogP contribution in [0, 0.1) is 12.8 Å². The number of rotatable bonds is 3. The monoisotopic (exact) mass is 465 g/mol. The molecule has 2 atom stereocenters. The number of aromatic nitrogens is 1. The molecule has 1 aliphatic heterocycles. The number of dihydropyridines is 1. The third-order valence-corrected chi connectivity index (χ3v) is 6.16. The zero-order chi connectivity index (χ0) is 21.4. The lowest BCUT2D eigenvalue weighted by atomic mass is 9.73. The van der Waals surface area contributed by atoms with Crippen LogP contribution < -0.4 is 10.6 Å². The van der Waals surface area contributed by atoms with Crippen molar-refractivity contribution in [3.05, 3.63) is 80.7 Å². The van der Waals surface area contributed by atoms with E-state index >= 15 is 0 Å². The molecule has 2 N–H and O–H groups in total. The van der Waals surface area contributed by atoms with Gasteiger partial charge in [0.2, 0.25) is 0 Å². The van der Waals surface area contributed by atoms with E-state index in [1.54, 1.807) is 12.3 Å². The predicted molar refractivity (Wildman–Crippen MR) is 121 cm³/mol. The molecular weight excluding hydrogens is 442 g/mol. The van der Waals surface area contributed by atoms with Crippen molar-refractivity contribution in [2.45, 2.75) is 39.5 Å². The second-order valence-corrected chi connectivity index (χ2v) is 9.07. The second-order valence-electron chi connectivity index (χ2n) is 8.15. The molecule has 0 spiro atoms. The fourth-order valence-corrected chi connectivity index (χ4v) is 4.51. The summed E-state index contributed by atoms with van der Waals surface area (Å²) in [7, 11) is 0. The Morgan fingerprint density at radius 3 is 2.53 bits per heavy atom. The van der Waals surface area contributed by atoms with Crippen LogP contribution in [0.2, 0.25) is 0 Å². The van der Waals surface area contributed by atoms with Gasteiger partial charge in [0.05, 0.1) is 0 Å². The molecular formula is C24H24BrN3O2. The van der Waals surface area contributed by atoms with Crippen LogP contribution in [0.4, 0.5) is 5.82 Å². The molecule has 2 aliphatic rings. The smallest absolute Gasteiger partial charge is 0.255 e. The van der Waals surface area contributed by atoms with E-state index < -0.39 is 5.92 Å². The third-order valence-electron chi connectivity index (χ3n) is 5.63. The number of hydrogen-bond donors (Lipinski definition) is 2. The van der Waals surface area contributed by atoms with Crippen LogP contribution in [0.5, 0.6) is 0 Å². The number of carbonyl (C=O) groups is 2. The van der Waals surface area contributed by atoms with Gasteiger partial charge >= 0.3 is 0 Å². The summed E-state index contributed by atoms with van der Waals surface area (Å²) in [5.74, 6) is 0.232. The minimum atomic E-state index is -0.403. The molecule has 4 rings (SSSR count). The Hall–Kier alpha value is -2.73. The van der Waals surface area contributed by atoms with Crippen molar-refractivity contribution in [3.8, 4) is 0 Å². The van der Waals surface area contributed by atoms with Crippen molar-refractivity contribution in [1.29, 1.82) is 0 Å². The number of carbonyl (C=O) groups excluding carboxylic acids is 2. The first-order valence-corrected chi connectivity index (χ1v) is 10.9. The maximum atomic E-state index is 13.4. The first kappa shape index (κ1) is 20.5. The van der Waals surface area contributed by atoms with Gasteiger partial charge in [-0.2, -0.15) is 0 Å². The van der Waals surface area contributed by atoms with Gasteiger partial charge < -0.3 is 10.6 Å². The highest BCUT2D eigenvalue weighted by molar-refractivity contribution is 9.10. The van der Waals surface area contributed by atoms with Crippen molar-refractivity contribution in [1.82, 2.24) is 10.3 Å². The molecule has 0 bridgehead atoms. The number of amides is 1. The molecule has 1 amide bonds. The SMILES string of the molecule is CC1=C(C(=O)Nc2ccc(C)cn2)[C@H](c2ccc(Br)cc2)C2=C(C[C@@H](C)CC2=O)N1. The zero-order valence-corrected chi connectivity index (χ0v) is 18.8. The molecule has 1 aromatic carbocycles. The van der Waals surface area contributed by atoms with Crippen LogP contribution in [0.15, 0.2) is 69.6 Å². The highest BCUT2D eigenvalue weighted by atomic mass is 79.9. The average molecular weight is 466 g/mol. The van der Waals surface area contributed by atoms with Gasteiger partial charge in [0.25, 0.3) is 5.91 Å². The van der Waals surface area contributed by atoms with Gasteiger partial charge in [0.1, 0.15) is 5.82 Å². The van der Waals surface area contributed by atoms with Crippen molar-refractivity contribution in [2.75, 3.05) is 5.32 Å². The topological polar surface area (TPSA) is 71.1 Å². The highest BCUT2D eigenvalue weighted by Gasteiger charge is 2.39. The van der Waals surface area contributed by atoms with Crippen LogP contribution in [-0.2, 0) is 9.59 Å². The van der Waals surface area contributed by atoms with Crippen molar-refractivity contribution < 1.29 is 9.59 Å². The van der Waals surface area contributed by atoms with Gasteiger partial charge in [-0.15, -0.1) is 0 Å². The molecule has 2 aromatic rings. The van der Waals surface area contributed by atoms with Gasteiger partial charge in [0, 0.05) is 45.5 Å². The standard InChI is InChI=1S/C24H24BrN3O2/c1-13-4-9-20(26-12-13)28-24(30)21-15(3)27-18-10-14(2)11-19(29)23(18)22(21)16-5-7-17(25)8-6-16/h4-9,12,14,22,27H,10-11H2,1-3H3,(H,26,28,30)/t14-,22+/m1/s1. The summed E-state index contributed by atoms with van der Waals surface area (Å²) in [5, 5.41) is 6.27. The fraction of sp³-hybridized carbons (Fsp3) is 0.292. The molecule has 154 valence electrons. The number of benzene rings is 1. The fourth-order valence-electron chi connectivity index (χ4n) is 4.25. The number of anilines is 1. The number of hydrogen-bond acceptors (Lipinski definition) is 4. The molecule has 0 radical (unpaired) electrons. The van der Waals surface area contributed by atoms with E-state index in [9.17, 15) is 9.59 Å². The maximum Gasteiger partial charge on any atom is 0.255 e. The Morgan fingerprint density at radius 2 is 1.87 bits per heavy atom. The predicted octanol–water partition coefficient (Wildman–Crippen LogP) is 5.01. The Labute approximate surface area is 184 Å². The van der Waals surface area contributed by atoms with Crippen LogP contribution in [-0.4, -0.2) is 16.7 Å². The van der Waals surface area contributed by atoms with Crippen molar-refractivity contribution in [3.63, 3.8) is 0 Å². The second kappa shape index (κ2) is 8.19. The van der Waals surface area contributed by atoms with Crippen LogP contribution in [0.25, 0.3) is 0 Å². The van der Waals surface area contributed by atoms with Gasteiger partial charge in [-0.25, -0.2) is 4.98 Å². The Kier molecular flexibility index (Phi) is 5.60. The number of ketones is 1. The van der Waals surface area contributed by atoms with Gasteiger partial charge in [-0.1, -0.05) is 41.1 Å². The summed E-state index contributed by atoms with van der Waals surface area (Å²) in [6.07, 6.45) is 3.02. The third kappa shape index (κ3) is 3.97. The number of pyridine rings is 1. The molecule has 30 heavy (non-hydrogen) atoms. The lowest BCUT2D eigenvalue weighted by Gasteiger charge is -2.36. The number of halogens is 1. The van der Waals surface area contributed by atoms with E-state index in [0.717, 1.165) is 33.4 Å². The number of aryl methyl sites for hydroxylation is 1. The average Bonchev–Trinajstić information content (AvgIpc) is 2.69. The van der Waals surface area contributed by atoms with Crippen LogP contribution in [0.3, 0.4) is 0 Å². The summed E-state index contributed by atoms with van der Waals surface area (Å²) in [5.41, 5.74) is 4.93. The summed E-state index contributed by atoms with van der Waals surface area (Å²) in [6, 6.07) is 11.5. The van der Waals surface area contributed by atoms with E-state index in [-0.39, 0.29) is 17.6 Å². The van der Waals surface area contributed by atoms with E-state index in [1.807, 2.05) is 44.2 Å². The molecule has 6 heteroatoms. The molecule has 1 aliphatic carbocycles. The molecule has 0 saturated heterocycles. The first-order chi connectivity index (χ1) is 14.3. The Bertz CT molecular complexity index is 1070. The number of nitrogens with zero attached hydrogens (tertiary/aromatic N) is 1. The van der Waals surface area contributed by atoms with Crippen molar-refractivity contribution in [2.24, 2.45) is 5.92 Å². The lowest BCUT2D eigenvalue weighted by molar-refractivity contribution is -0.117. The van der Waals surface area contributed by atoms with E-state index in [4.69, 9.17) is 0 Å². The van der Waals surface area contributed by atoms with Crippen LogP contribution >= 0.6 is 15.9 Å². The van der Waals surface area contributed by atoms with Gasteiger partial charge in [-0.05, 0) is 55.5 Å². The summed E-state index contributed by atoms with van der Waals surface area (Å²) < 4.78 is 0.952. The molecule has 0 saturated carbocycles. The zero-order valence-electron chi connectivity index (χ0n) is 17.3. The quantitative estimate of drug-likeness (QED) is 0.668. The summed E-state index contributed by atoms with van der Waals surface area (Å²) in [4.78, 5) is 30.7. The number of nitrogens with one attached hydrogen (secondary N) is 2. The summed E-state index contributed by atoms with van der Waals surface area (Å²) >= 11 is 3.47. The molecule has 2 heterocycles. The lowest BCUT2D eigenvalue weighted by Crippen LogP contribution is -2.37. The van der Waals surface area contributed by atoms with Gasteiger partial charge in [0.15, 0.2) is 5.78 Å². The summed E-state index contributed by atoms with van der Waals surface area (Å²) in [6.45, 7) is 5.93. The normalized spacial score (nSPS) is 21.3. The van der Waals surface area contributed by atoms with E-state index in [2.05, 4.69) is 38.5 Å². The van der Waals surface area contributed by atoms with Gasteiger partial charge in [-0.3, -0.25) is 9.59 Å². The Balaban J connectivity index is 1.78. The van der Waals surface area contributed by atoms with Crippen LogP contribution in [0.1, 0.15) is 43.7 Å². The number of allylic oxidation sites excluding steroid dienone is 3. The Morgan fingerprint density at radius 1 is 1.13 bits per heavy atom. The molecule has 0 fully saturated rings. The minimum Gasteiger partial charge on any atom is -0.362 e.